The molecule has 4 aromatic rings. The van der Waals surface area contributed by atoms with Gasteiger partial charge in [-0.25, -0.2) is 4.98 Å². The maximum Gasteiger partial charge on any atom is 0.255 e. The van der Waals surface area contributed by atoms with E-state index in [9.17, 15) is 4.79 Å². The fraction of sp³-hybridized carbons (Fsp3) is 0.286. The minimum Gasteiger partial charge on any atom is -0.351 e. The van der Waals surface area contributed by atoms with Crippen LogP contribution in [0.15, 0.2) is 65.5 Å². The van der Waals surface area contributed by atoms with Crippen LogP contribution in [0.25, 0.3) is 27.8 Å². The predicted octanol–water partition coefficient (Wildman–Crippen LogP) is 6.68. The van der Waals surface area contributed by atoms with Crippen molar-refractivity contribution in [3.05, 3.63) is 86.1 Å². The van der Waals surface area contributed by atoms with Crippen molar-refractivity contribution in [1.82, 2.24) is 14.5 Å². The van der Waals surface area contributed by atoms with E-state index in [-0.39, 0.29) is 5.56 Å². The molecule has 2 atom stereocenters. The molecule has 2 fully saturated rings. The smallest absolute Gasteiger partial charge is 0.255 e. The molecule has 0 spiro atoms. The predicted molar refractivity (Wildman–Crippen MR) is 149 cm³/mol. The number of anilines is 1. The standard InChI is InChI=1S/C28H25Cl3N4O/c1-16(2)33-14-18-12-17(33)15-34(18)25-13-24-20(27(32-25)19-6-3-4-7-21(19)29)10-11-26(36)35(24)28-22(30)8-5-9-23(28)31/h3-11,13,16-18H,12,14-15H2,1-2H3. The molecule has 2 unspecified atom stereocenters. The molecule has 2 aliphatic rings. The van der Waals surface area contributed by atoms with Crippen molar-refractivity contribution in [1.29, 1.82) is 0 Å². The Kier molecular flexibility index (Phi) is 6.00. The monoisotopic (exact) mass is 538 g/mol. The Bertz CT molecular complexity index is 1530. The minimum absolute atomic E-state index is 0.214. The van der Waals surface area contributed by atoms with Crippen LogP contribution in [0.1, 0.15) is 20.3 Å². The second-order valence-corrected chi connectivity index (χ2v) is 11.0. The van der Waals surface area contributed by atoms with Crippen molar-refractivity contribution in [3.63, 3.8) is 0 Å². The normalized spacial score (nSPS) is 19.7. The number of aromatic nitrogens is 2. The number of piperazine rings is 1. The van der Waals surface area contributed by atoms with E-state index in [2.05, 4.69) is 23.6 Å². The zero-order chi connectivity index (χ0) is 25.1. The number of benzene rings is 2. The van der Waals surface area contributed by atoms with Crippen molar-refractivity contribution in [2.75, 3.05) is 18.0 Å². The number of rotatable bonds is 4. The first-order chi connectivity index (χ1) is 17.3. The maximum absolute atomic E-state index is 13.3. The number of nitrogens with zero attached hydrogens (tertiary/aromatic N) is 4. The third-order valence-corrected chi connectivity index (χ3v) is 8.35. The highest BCUT2D eigenvalue weighted by atomic mass is 35.5. The molecule has 2 aromatic heterocycles. The summed E-state index contributed by atoms with van der Waals surface area (Å²) in [5, 5.41) is 2.21. The Morgan fingerprint density at radius 1 is 0.889 bits per heavy atom. The van der Waals surface area contributed by atoms with Crippen molar-refractivity contribution < 1.29 is 0 Å². The molecule has 184 valence electrons. The Hall–Kier alpha value is -2.57. The van der Waals surface area contributed by atoms with Gasteiger partial charge in [-0.3, -0.25) is 14.3 Å². The van der Waals surface area contributed by atoms with Gasteiger partial charge in [0.25, 0.3) is 5.56 Å². The minimum atomic E-state index is -0.214. The summed E-state index contributed by atoms with van der Waals surface area (Å²) in [4.78, 5) is 23.4. The number of pyridine rings is 2. The third kappa shape index (κ3) is 3.81. The quantitative estimate of drug-likeness (QED) is 0.290. The number of fused-ring (bicyclic) bond motifs is 3. The van der Waals surface area contributed by atoms with E-state index in [1.165, 1.54) is 6.07 Å². The van der Waals surface area contributed by atoms with Crippen LogP contribution < -0.4 is 10.5 Å². The van der Waals surface area contributed by atoms with Crippen LogP contribution in [0.5, 0.6) is 0 Å². The molecule has 0 radical (unpaired) electrons. The average Bonchev–Trinajstić information content (AvgIpc) is 3.46. The molecule has 4 heterocycles. The van der Waals surface area contributed by atoms with Crippen LogP contribution in [0, 0.1) is 0 Å². The van der Waals surface area contributed by atoms with Gasteiger partial charge in [0.2, 0.25) is 0 Å². The van der Waals surface area contributed by atoms with E-state index in [1.54, 1.807) is 22.8 Å². The molecule has 0 amide bonds. The summed E-state index contributed by atoms with van der Waals surface area (Å²) < 4.78 is 1.60. The average molecular weight is 540 g/mol. The molecule has 5 nitrogen and oxygen atoms in total. The lowest BCUT2D eigenvalue weighted by Gasteiger charge is -2.37. The fourth-order valence-corrected chi connectivity index (χ4v) is 6.57. The fourth-order valence-electron chi connectivity index (χ4n) is 5.78. The van der Waals surface area contributed by atoms with Gasteiger partial charge >= 0.3 is 0 Å². The van der Waals surface area contributed by atoms with Gasteiger partial charge in [0.05, 0.1) is 26.9 Å². The van der Waals surface area contributed by atoms with Crippen LogP contribution in [-0.2, 0) is 0 Å². The first kappa shape index (κ1) is 23.8. The van der Waals surface area contributed by atoms with E-state index in [0.29, 0.717) is 44.4 Å². The van der Waals surface area contributed by atoms with Gasteiger partial charge in [-0.2, -0.15) is 0 Å². The topological polar surface area (TPSA) is 41.4 Å². The Balaban J connectivity index is 1.62. The Morgan fingerprint density at radius 3 is 2.28 bits per heavy atom. The summed E-state index contributed by atoms with van der Waals surface area (Å²) in [6.07, 6.45) is 1.11. The van der Waals surface area contributed by atoms with Crippen LogP contribution >= 0.6 is 34.8 Å². The highest BCUT2D eigenvalue weighted by molar-refractivity contribution is 6.38. The Labute approximate surface area is 224 Å². The first-order valence-electron chi connectivity index (χ1n) is 12.1. The molecule has 0 saturated carbocycles. The lowest BCUT2D eigenvalue weighted by molar-refractivity contribution is 0.191. The summed E-state index contributed by atoms with van der Waals surface area (Å²) in [7, 11) is 0. The van der Waals surface area contributed by atoms with Crippen LogP contribution in [0.2, 0.25) is 15.1 Å². The molecule has 36 heavy (non-hydrogen) atoms. The molecule has 2 aromatic carbocycles. The van der Waals surface area contributed by atoms with Crippen LogP contribution in [0.3, 0.4) is 0 Å². The zero-order valence-corrected chi connectivity index (χ0v) is 22.2. The van der Waals surface area contributed by atoms with Crippen LogP contribution in [0.4, 0.5) is 5.82 Å². The number of para-hydroxylation sites is 1. The van der Waals surface area contributed by atoms with E-state index in [4.69, 9.17) is 39.8 Å². The maximum atomic E-state index is 13.3. The molecular weight excluding hydrogens is 515 g/mol. The molecule has 2 aliphatic heterocycles. The van der Waals surface area contributed by atoms with Gasteiger partial charge in [-0.1, -0.05) is 59.1 Å². The first-order valence-corrected chi connectivity index (χ1v) is 13.3. The van der Waals surface area contributed by atoms with Gasteiger partial charge in [-0.15, -0.1) is 0 Å². The van der Waals surface area contributed by atoms with Gasteiger partial charge in [0.1, 0.15) is 5.82 Å². The van der Waals surface area contributed by atoms with Gasteiger partial charge < -0.3 is 4.90 Å². The van der Waals surface area contributed by atoms with Gasteiger partial charge in [0, 0.05) is 59.3 Å². The molecule has 0 aliphatic carbocycles. The van der Waals surface area contributed by atoms with Gasteiger partial charge in [-0.05, 0) is 44.5 Å². The van der Waals surface area contributed by atoms with Crippen molar-refractivity contribution in [3.8, 4) is 16.9 Å². The summed E-state index contributed by atoms with van der Waals surface area (Å²) in [5.74, 6) is 0.829. The largest absolute Gasteiger partial charge is 0.351 e. The number of hydrogen-bond donors (Lipinski definition) is 0. The number of hydrogen-bond acceptors (Lipinski definition) is 4. The summed E-state index contributed by atoms with van der Waals surface area (Å²) in [5.41, 5.74) is 2.49. The second-order valence-electron chi connectivity index (χ2n) is 9.81. The molecule has 0 N–H and O–H groups in total. The lowest BCUT2D eigenvalue weighted by atomic mass is 10.1. The van der Waals surface area contributed by atoms with Gasteiger partial charge in [0.15, 0.2) is 0 Å². The lowest BCUT2D eigenvalue weighted by Crippen LogP contribution is -2.49. The van der Waals surface area contributed by atoms with Crippen molar-refractivity contribution in [2.45, 2.75) is 38.4 Å². The molecular formula is C28H25Cl3N4O. The molecule has 6 rings (SSSR count). The second kappa shape index (κ2) is 9.07. The molecule has 8 heteroatoms. The summed E-state index contributed by atoms with van der Waals surface area (Å²) in [6.45, 7) is 6.40. The van der Waals surface area contributed by atoms with E-state index < -0.39 is 0 Å². The Morgan fingerprint density at radius 2 is 1.61 bits per heavy atom. The highest BCUT2D eigenvalue weighted by Crippen LogP contribution is 2.40. The SMILES string of the molecule is CC(C)N1CC2CC1CN2c1cc2c(ccc(=O)n2-c2c(Cl)cccc2Cl)c(-c2ccccc2Cl)n1. The van der Waals surface area contributed by atoms with Crippen molar-refractivity contribution in [2.24, 2.45) is 0 Å². The molecule has 2 saturated heterocycles. The van der Waals surface area contributed by atoms with Crippen LogP contribution in [-0.4, -0.2) is 45.7 Å². The zero-order valence-electron chi connectivity index (χ0n) is 20.0. The summed E-state index contributed by atoms with van der Waals surface area (Å²) in [6, 6.07) is 19.6. The highest BCUT2D eigenvalue weighted by Gasteiger charge is 2.44. The third-order valence-electron chi connectivity index (χ3n) is 7.41. The number of likely N-dealkylation sites (tertiary alicyclic amines) is 1. The van der Waals surface area contributed by atoms with E-state index in [0.717, 1.165) is 42.0 Å². The number of halogens is 3. The van der Waals surface area contributed by atoms with E-state index in [1.807, 2.05) is 36.4 Å². The van der Waals surface area contributed by atoms with Crippen molar-refractivity contribution >= 4 is 51.5 Å². The van der Waals surface area contributed by atoms with E-state index >= 15 is 0 Å². The summed E-state index contributed by atoms with van der Waals surface area (Å²) >= 11 is 19.8. The molecule has 2 bridgehead atoms.